The van der Waals surface area contributed by atoms with Gasteiger partial charge in [0.15, 0.2) is 0 Å². The zero-order valence-electron chi connectivity index (χ0n) is 16.7. The number of nitrogens with one attached hydrogen (secondary N) is 2. The first kappa shape index (κ1) is 20.0. The Bertz CT molecular complexity index is 1050. The fourth-order valence-corrected chi connectivity index (χ4v) is 3.49. The molecule has 0 bridgehead atoms. The van der Waals surface area contributed by atoms with E-state index >= 15 is 0 Å². The van der Waals surface area contributed by atoms with Gasteiger partial charge in [-0.15, -0.1) is 0 Å². The smallest absolute Gasteiger partial charge is 0.254 e. The molecule has 7 heteroatoms. The summed E-state index contributed by atoms with van der Waals surface area (Å²) >= 11 is 0. The molecule has 0 spiro atoms. The summed E-state index contributed by atoms with van der Waals surface area (Å²) in [4.78, 5) is 17.6. The van der Waals surface area contributed by atoms with Gasteiger partial charge in [-0.25, -0.2) is 4.98 Å². The second-order valence-corrected chi connectivity index (χ2v) is 6.50. The van der Waals surface area contributed by atoms with Crippen molar-refractivity contribution in [1.29, 1.82) is 5.26 Å². The first-order valence-electron chi connectivity index (χ1n) is 9.03. The number of nitriles is 1. The van der Waals surface area contributed by atoms with E-state index in [0.717, 1.165) is 0 Å². The van der Waals surface area contributed by atoms with E-state index in [1.807, 2.05) is 32.0 Å². The van der Waals surface area contributed by atoms with Crippen LogP contribution < -0.4 is 20.1 Å². The Labute approximate surface area is 169 Å². The third-order valence-electron chi connectivity index (χ3n) is 4.79. The van der Waals surface area contributed by atoms with Gasteiger partial charge >= 0.3 is 0 Å². The number of amides is 1. The topological polar surface area (TPSA) is 96.3 Å². The molecule has 0 fully saturated rings. The van der Waals surface area contributed by atoms with Gasteiger partial charge in [0.2, 0.25) is 5.88 Å². The molecular weight excluding hydrogens is 368 g/mol. The molecule has 2 aromatic rings. The van der Waals surface area contributed by atoms with Crippen LogP contribution in [0.3, 0.4) is 0 Å². The second kappa shape index (κ2) is 8.48. The number of carbonyl (C=O) groups is 1. The predicted octanol–water partition coefficient (Wildman–Crippen LogP) is 3.50. The highest BCUT2D eigenvalue weighted by Gasteiger charge is 2.35. The summed E-state index contributed by atoms with van der Waals surface area (Å²) in [5.41, 5.74) is 3.40. The van der Waals surface area contributed by atoms with Gasteiger partial charge in [-0.2, -0.15) is 5.26 Å². The van der Waals surface area contributed by atoms with E-state index in [1.165, 1.54) is 7.11 Å². The zero-order chi connectivity index (χ0) is 21.0. The van der Waals surface area contributed by atoms with Crippen molar-refractivity contribution in [2.75, 3.05) is 19.5 Å². The van der Waals surface area contributed by atoms with E-state index in [4.69, 9.17) is 9.47 Å². The molecule has 2 heterocycles. The molecule has 1 aromatic carbocycles. The van der Waals surface area contributed by atoms with E-state index in [9.17, 15) is 10.1 Å². The average Bonchev–Trinajstić information content (AvgIpc) is 2.73. The molecule has 1 unspecified atom stereocenters. The van der Waals surface area contributed by atoms with Gasteiger partial charge in [0.05, 0.1) is 37.5 Å². The monoisotopic (exact) mass is 390 g/mol. The molecular formula is C22H22N4O3. The molecule has 7 nitrogen and oxygen atoms in total. The Balaban J connectivity index is 2.10. The number of para-hydroxylation sites is 2. The first-order chi connectivity index (χ1) is 14.0. The molecule has 0 saturated heterocycles. The number of pyridine rings is 1. The maximum absolute atomic E-state index is 13.3. The van der Waals surface area contributed by atoms with Crippen molar-refractivity contribution in [2.24, 2.45) is 0 Å². The fraction of sp³-hybridized carbons (Fsp3) is 0.227. The fourth-order valence-electron chi connectivity index (χ4n) is 3.49. The summed E-state index contributed by atoms with van der Waals surface area (Å²) in [7, 11) is 3.06. The lowest BCUT2D eigenvalue weighted by molar-refractivity contribution is -0.113. The highest BCUT2D eigenvalue weighted by molar-refractivity contribution is 6.07. The Morgan fingerprint density at radius 1 is 1.14 bits per heavy atom. The summed E-state index contributed by atoms with van der Waals surface area (Å²) in [6, 6.07) is 13.0. The number of rotatable bonds is 5. The molecule has 0 saturated carbocycles. The Morgan fingerprint density at radius 3 is 2.59 bits per heavy atom. The lowest BCUT2D eigenvalue weighted by Crippen LogP contribution is -2.31. The highest BCUT2D eigenvalue weighted by atomic mass is 16.5. The van der Waals surface area contributed by atoms with Crippen LogP contribution in [0.25, 0.3) is 0 Å². The summed E-state index contributed by atoms with van der Waals surface area (Å²) < 4.78 is 10.7. The Morgan fingerprint density at radius 2 is 1.90 bits per heavy atom. The van der Waals surface area contributed by atoms with Crippen LogP contribution in [0.2, 0.25) is 0 Å². The lowest BCUT2D eigenvalue weighted by atomic mass is 9.81. The third-order valence-corrected chi connectivity index (χ3v) is 4.79. The van der Waals surface area contributed by atoms with Crippen molar-refractivity contribution in [2.45, 2.75) is 19.8 Å². The van der Waals surface area contributed by atoms with Crippen LogP contribution in [0, 0.1) is 11.3 Å². The van der Waals surface area contributed by atoms with Crippen molar-refractivity contribution in [3.63, 3.8) is 0 Å². The van der Waals surface area contributed by atoms with Crippen LogP contribution in [0.15, 0.2) is 65.1 Å². The minimum absolute atomic E-state index is 0.337. The van der Waals surface area contributed by atoms with Crippen molar-refractivity contribution >= 4 is 11.6 Å². The Hall–Kier alpha value is -3.79. The van der Waals surface area contributed by atoms with E-state index < -0.39 is 5.92 Å². The molecule has 1 aliphatic rings. The SMILES string of the molecule is COc1ccccc1NC(=O)C1=C(C)NC(C)=C(C#N)C1c1cccnc1OC. The number of hydrogen-bond acceptors (Lipinski definition) is 6. The summed E-state index contributed by atoms with van der Waals surface area (Å²) in [6.07, 6.45) is 1.61. The number of dihydropyridines is 1. The molecule has 1 amide bonds. The highest BCUT2D eigenvalue weighted by Crippen LogP contribution is 2.41. The third kappa shape index (κ3) is 3.78. The lowest BCUT2D eigenvalue weighted by Gasteiger charge is -2.29. The van der Waals surface area contributed by atoms with Crippen LogP contribution in [0.5, 0.6) is 11.6 Å². The number of allylic oxidation sites excluding steroid dienone is 3. The Kier molecular flexibility index (Phi) is 5.84. The summed E-state index contributed by atoms with van der Waals surface area (Å²) in [5.74, 6) is -0.0313. The number of benzene rings is 1. The van der Waals surface area contributed by atoms with E-state index in [1.54, 1.807) is 31.5 Å². The van der Waals surface area contributed by atoms with Gasteiger partial charge in [0, 0.05) is 28.7 Å². The molecule has 0 aliphatic carbocycles. The largest absolute Gasteiger partial charge is 0.495 e. The molecule has 1 aliphatic heterocycles. The van der Waals surface area contributed by atoms with Gasteiger partial charge in [-0.3, -0.25) is 4.79 Å². The number of carbonyl (C=O) groups excluding carboxylic acids is 1. The van der Waals surface area contributed by atoms with Crippen molar-refractivity contribution < 1.29 is 14.3 Å². The first-order valence-corrected chi connectivity index (χ1v) is 9.03. The maximum Gasteiger partial charge on any atom is 0.254 e. The van der Waals surface area contributed by atoms with Gasteiger partial charge in [-0.1, -0.05) is 18.2 Å². The number of methoxy groups -OCH3 is 2. The standard InChI is InChI=1S/C22H22N4O3/c1-13-16(12-23)20(15-8-7-11-24-22(15)29-4)19(14(2)25-13)21(27)26-17-9-5-6-10-18(17)28-3/h5-11,20,25H,1-4H3,(H,26,27). The average molecular weight is 390 g/mol. The van der Waals surface area contributed by atoms with Crippen LogP contribution in [0.4, 0.5) is 5.69 Å². The molecule has 1 atom stereocenters. The number of hydrogen-bond donors (Lipinski definition) is 2. The van der Waals surface area contributed by atoms with Gasteiger partial charge < -0.3 is 20.1 Å². The second-order valence-electron chi connectivity index (χ2n) is 6.50. The minimum atomic E-state index is -0.611. The van der Waals surface area contributed by atoms with E-state index in [-0.39, 0.29) is 5.91 Å². The van der Waals surface area contributed by atoms with Crippen LogP contribution in [-0.4, -0.2) is 25.1 Å². The van der Waals surface area contributed by atoms with Crippen LogP contribution in [-0.2, 0) is 4.79 Å². The zero-order valence-corrected chi connectivity index (χ0v) is 16.7. The molecule has 1 aromatic heterocycles. The number of ether oxygens (including phenoxy) is 2. The molecule has 29 heavy (non-hydrogen) atoms. The van der Waals surface area contributed by atoms with Crippen molar-refractivity contribution in [3.8, 4) is 17.7 Å². The normalized spacial score (nSPS) is 16.0. The molecule has 0 radical (unpaired) electrons. The van der Waals surface area contributed by atoms with Crippen LogP contribution >= 0.6 is 0 Å². The van der Waals surface area contributed by atoms with Crippen molar-refractivity contribution in [1.82, 2.24) is 10.3 Å². The van der Waals surface area contributed by atoms with Crippen LogP contribution in [0.1, 0.15) is 25.3 Å². The maximum atomic E-state index is 13.3. The van der Waals surface area contributed by atoms with Gasteiger partial charge in [0.1, 0.15) is 5.75 Å². The van der Waals surface area contributed by atoms with E-state index in [2.05, 4.69) is 21.7 Å². The minimum Gasteiger partial charge on any atom is -0.495 e. The van der Waals surface area contributed by atoms with Gasteiger partial charge in [-0.05, 0) is 32.0 Å². The molecule has 2 N–H and O–H groups in total. The molecule has 3 rings (SSSR count). The van der Waals surface area contributed by atoms with Gasteiger partial charge in [0.25, 0.3) is 5.91 Å². The number of aromatic nitrogens is 1. The molecule has 148 valence electrons. The summed E-state index contributed by atoms with van der Waals surface area (Å²) in [5, 5.41) is 15.9. The predicted molar refractivity (Wildman–Crippen MR) is 109 cm³/mol. The quantitative estimate of drug-likeness (QED) is 0.811. The van der Waals surface area contributed by atoms with Crippen molar-refractivity contribution in [3.05, 3.63) is 70.7 Å². The number of nitrogens with zero attached hydrogens (tertiary/aromatic N) is 2. The number of anilines is 1. The van der Waals surface area contributed by atoms with E-state index in [0.29, 0.717) is 45.4 Å². The summed E-state index contributed by atoms with van der Waals surface area (Å²) in [6.45, 7) is 3.62.